The standard InChI is InChI=1S/C13H10F3N5O2/c1-20-11(7-5-18-21(6-7)13(14,15)16)10-9(19-20)8(3-4-17-10)12(22)23-2/h3-6H,1-2H3. The second-order valence-corrected chi connectivity index (χ2v) is 4.66. The van der Waals surface area contributed by atoms with Gasteiger partial charge in [-0.05, 0) is 6.07 Å². The predicted octanol–water partition coefficient (Wildman–Crippen LogP) is 2.09. The Bertz CT molecular complexity index is 897. The maximum atomic E-state index is 12.7. The number of methoxy groups -OCH3 is 1. The molecule has 0 amide bonds. The molecule has 7 nitrogen and oxygen atoms in total. The maximum Gasteiger partial charge on any atom is 0.504 e. The van der Waals surface area contributed by atoms with Gasteiger partial charge in [0.15, 0.2) is 0 Å². The molecule has 3 aromatic heterocycles. The quantitative estimate of drug-likeness (QED) is 0.675. The second-order valence-electron chi connectivity index (χ2n) is 4.66. The van der Waals surface area contributed by atoms with Gasteiger partial charge in [-0.1, -0.05) is 0 Å². The Labute approximate surface area is 127 Å². The van der Waals surface area contributed by atoms with E-state index in [1.165, 1.54) is 24.1 Å². The van der Waals surface area contributed by atoms with Crippen LogP contribution in [0.15, 0.2) is 24.7 Å². The molecular weight excluding hydrogens is 315 g/mol. The number of rotatable bonds is 2. The van der Waals surface area contributed by atoms with Crippen LogP contribution in [0.1, 0.15) is 10.4 Å². The summed E-state index contributed by atoms with van der Waals surface area (Å²) in [4.78, 5) is 15.9. The van der Waals surface area contributed by atoms with E-state index in [4.69, 9.17) is 0 Å². The summed E-state index contributed by atoms with van der Waals surface area (Å²) in [5.41, 5.74) is 1.22. The number of aromatic nitrogens is 5. The van der Waals surface area contributed by atoms with Crippen LogP contribution in [0.5, 0.6) is 0 Å². The van der Waals surface area contributed by atoms with Gasteiger partial charge in [0.05, 0.1) is 24.6 Å². The van der Waals surface area contributed by atoms with Crippen LogP contribution in [0, 0.1) is 0 Å². The Morgan fingerprint density at radius 1 is 1.30 bits per heavy atom. The Balaban J connectivity index is 2.21. The molecule has 0 aromatic carbocycles. The lowest BCUT2D eigenvalue weighted by Crippen LogP contribution is -2.16. The Kier molecular flexibility index (Phi) is 3.31. The molecule has 0 fully saturated rings. The molecule has 3 rings (SSSR count). The number of hydrogen-bond donors (Lipinski definition) is 0. The number of esters is 1. The minimum absolute atomic E-state index is 0.106. The van der Waals surface area contributed by atoms with Crippen LogP contribution in [0.4, 0.5) is 13.2 Å². The molecule has 10 heteroatoms. The highest BCUT2D eigenvalue weighted by Crippen LogP contribution is 2.30. The molecule has 0 aliphatic carbocycles. The Hall–Kier alpha value is -2.91. The average Bonchev–Trinajstić information content (AvgIpc) is 3.08. The first-order valence-corrected chi connectivity index (χ1v) is 6.35. The van der Waals surface area contributed by atoms with Crippen molar-refractivity contribution < 1.29 is 22.7 Å². The molecule has 0 aliphatic rings. The molecule has 0 radical (unpaired) electrons. The van der Waals surface area contributed by atoms with Crippen molar-refractivity contribution in [2.24, 2.45) is 7.05 Å². The molecule has 0 saturated carbocycles. The van der Waals surface area contributed by atoms with E-state index >= 15 is 0 Å². The number of ether oxygens (including phenoxy) is 1. The summed E-state index contributed by atoms with van der Waals surface area (Å²) >= 11 is 0. The molecule has 3 aromatic rings. The van der Waals surface area contributed by atoms with Gasteiger partial charge in [0, 0.05) is 25.0 Å². The van der Waals surface area contributed by atoms with Crippen molar-refractivity contribution in [3.8, 4) is 11.3 Å². The lowest BCUT2D eigenvalue weighted by Gasteiger charge is -2.04. The number of carbonyl (C=O) groups excluding carboxylic acids is 1. The number of fused-ring (bicyclic) bond motifs is 1. The number of pyridine rings is 1. The second kappa shape index (κ2) is 5.07. The number of halogens is 3. The van der Waals surface area contributed by atoms with E-state index in [1.807, 2.05) is 0 Å². The number of alkyl halides is 3. The van der Waals surface area contributed by atoms with Crippen LogP contribution < -0.4 is 0 Å². The summed E-state index contributed by atoms with van der Waals surface area (Å²) in [6, 6.07) is 1.43. The molecule has 0 unspecified atom stereocenters. The lowest BCUT2D eigenvalue weighted by atomic mass is 10.1. The van der Waals surface area contributed by atoms with Crippen LogP contribution in [-0.2, 0) is 18.1 Å². The van der Waals surface area contributed by atoms with Gasteiger partial charge >= 0.3 is 12.3 Å². The summed E-state index contributed by atoms with van der Waals surface area (Å²) in [7, 11) is 2.77. The summed E-state index contributed by atoms with van der Waals surface area (Å²) < 4.78 is 43.9. The van der Waals surface area contributed by atoms with Crippen molar-refractivity contribution in [1.29, 1.82) is 0 Å². The highest BCUT2D eigenvalue weighted by atomic mass is 19.4. The average molecular weight is 325 g/mol. The fraction of sp³-hybridized carbons (Fsp3) is 0.231. The van der Waals surface area contributed by atoms with Crippen LogP contribution in [0.3, 0.4) is 0 Å². The highest BCUT2D eigenvalue weighted by Gasteiger charge is 2.32. The van der Waals surface area contributed by atoms with Crippen LogP contribution in [-0.4, -0.2) is 37.6 Å². The van der Waals surface area contributed by atoms with E-state index < -0.39 is 12.3 Å². The van der Waals surface area contributed by atoms with E-state index in [0.29, 0.717) is 5.69 Å². The van der Waals surface area contributed by atoms with Crippen molar-refractivity contribution in [3.63, 3.8) is 0 Å². The van der Waals surface area contributed by atoms with Gasteiger partial charge in [-0.15, -0.1) is 13.2 Å². The van der Waals surface area contributed by atoms with E-state index in [1.54, 1.807) is 7.05 Å². The normalized spacial score (nSPS) is 11.9. The largest absolute Gasteiger partial charge is 0.504 e. The lowest BCUT2D eigenvalue weighted by molar-refractivity contribution is -0.212. The predicted molar refractivity (Wildman–Crippen MR) is 72.4 cm³/mol. The van der Waals surface area contributed by atoms with Crippen LogP contribution >= 0.6 is 0 Å². The molecule has 0 atom stereocenters. The van der Waals surface area contributed by atoms with Gasteiger partial charge in [0.25, 0.3) is 0 Å². The smallest absolute Gasteiger partial charge is 0.465 e. The van der Waals surface area contributed by atoms with Gasteiger partial charge < -0.3 is 4.74 Å². The zero-order valence-electron chi connectivity index (χ0n) is 12.0. The van der Waals surface area contributed by atoms with E-state index in [0.717, 1.165) is 12.4 Å². The first kappa shape index (κ1) is 15.0. The fourth-order valence-corrected chi connectivity index (χ4v) is 2.26. The molecule has 120 valence electrons. The van der Waals surface area contributed by atoms with Gasteiger partial charge in [-0.25, -0.2) is 4.79 Å². The van der Waals surface area contributed by atoms with Gasteiger partial charge in [0.2, 0.25) is 0 Å². The molecule has 0 bridgehead atoms. The number of aryl methyl sites for hydroxylation is 1. The van der Waals surface area contributed by atoms with E-state index in [9.17, 15) is 18.0 Å². The molecule has 0 saturated heterocycles. The van der Waals surface area contributed by atoms with Gasteiger partial charge in [-0.2, -0.15) is 14.9 Å². The zero-order valence-corrected chi connectivity index (χ0v) is 12.0. The molecule has 0 aliphatic heterocycles. The third-order valence-corrected chi connectivity index (χ3v) is 3.24. The first-order valence-electron chi connectivity index (χ1n) is 6.35. The fourth-order valence-electron chi connectivity index (χ4n) is 2.26. The molecular formula is C13H10F3N5O2. The third-order valence-electron chi connectivity index (χ3n) is 3.24. The third kappa shape index (κ3) is 2.41. The minimum Gasteiger partial charge on any atom is -0.465 e. The molecule has 0 spiro atoms. The highest BCUT2D eigenvalue weighted by molar-refractivity contribution is 6.04. The topological polar surface area (TPSA) is 74.8 Å². The number of carbonyl (C=O) groups is 1. The Morgan fingerprint density at radius 3 is 2.65 bits per heavy atom. The van der Waals surface area contributed by atoms with Crippen molar-refractivity contribution in [2.45, 2.75) is 6.30 Å². The van der Waals surface area contributed by atoms with Crippen molar-refractivity contribution in [1.82, 2.24) is 24.5 Å². The summed E-state index contributed by atoms with van der Waals surface area (Å²) in [5, 5.41) is 7.46. The molecule has 0 N–H and O–H groups in total. The maximum absolute atomic E-state index is 12.7. The SMILES string of the molecule is COC(=O)c1ccnc2c(-c3cnn(C(F)(F)F)c3)n(C)nc12. The van der Waals surface area contributed by atoms with Crippen molar-refractivity contribution in [2.75, 3.05) is 7.11 Å². The van der Waals surface area contributed by atoms with Crippen LogP contribution in [0.2, 0.25) is 0 Å². The number of nitrogens with zero attached hydrogens (tertiary/aromatic N) is 5. The first-order chi connectivity index (χ1) is 10.8. The minimum atomic E-state index is -4.61. The monoisotopic (exact) mass is 325 g/mol. The summed E-state index contributed by atoms with van der Waals surface area (Å²) in [6.07, 6.45) is -1.34. The van der Waals surface area contributed by atoms with E-state index in [-0.39, 0.29) is 26.8 Å². The molecule has 3 heterocycles. The Morgan fingerprint density at radius 2 is 2.04 bits per heavy atom. The van der Waals surface area contributed by atoms with Crippen molar-refractivity contribution in [3.05, 3.63) is 30.2 Å². The van der Waals surface area contributed by atoms with Gasteiger partial charge in [0.1, 0.15) is 11.0 Å². The summed E-state index contributed by atoms with van der Waals surface area (Å²) in [5.74, 6) is -0.604. The summed E-state index contributed by atoms with van der Waals surface area (Å²) in [6.45, 7) is 0. The van der Waals surface area contributed by atoms with Gasteiger partial charge in [-0.3, -0.25) is 9.67 Å². The van der Waals surface area contributed by atoms with E-state index in [2.05, 4.69) is 19.9 Å². The van der Waals surface area contributed by atoms with Crippen molar-refractivity contribution >= 4 is 17.0 Å². The zero-order chi connectivity index (χ0) is 16.8. The molecule has 23 heavy (non-hydrogen) atoms. The van der Waals surface area contributed by atoms with Crippen LogP contribution in [0.25, 0.3) is 22.3 Å². The number of hydrogen-bond acceptors (Lipinski definition) is 5.